The van der Waals surface area contributed by atoms with E-state index in [0.29, 0.717) is 4.90 Å². The molecule has 6 nitrogen and oxygen atoms in total. The van der Waals surface area contributed by atoms with Crippen molar-refractivity contribution in [1.29, 1.82) is 0 Å². The summed E-state index contributed by atoms with van der Waals surface area (Å²) in [5.74, 6) is 0.132. The van der Waals surface area contributed by atoms with Crippen molar-refractivity contribution in [3.63, 3.8) is 0 Å². The van der Waals surface area contributed by atoms with Crippen LogP contribution in [0.4, 0.5) is 0 Å². The summed E-state index contributed by atoms with van der Waals surface area (Å²) in [5, 5.41) is 0. The predicted molar refractivity (Wildman–Crippen MR) is 110 cm³/mol. The molecule has 0 radical (unpaired) electrons. The van der Waals surface area contributed by atoms with Crippen molar-refractivity contribution in [2.24, 2.45) is 0 Å². The lowest BCUT2D eigenvalue weighted by molar-refractivity contribution is 0.216. The number of benzene rings is 2. The number of nitrogens with zero attached hydrogens (tertiary/aromatic N) is 1. The summed E-state index contributed by atoms with van der Waals surface area (Å²) in [6, 6.07) is 14.6. The minimum absolute atomic E-state index is 0.258. The zero-order valence-electron chi connectivity index (χ0n) is 16.5. The molecule has 1 heterocycles. The van der Waals surface area contributed by atoms with Gasteiger partial charge in [0.15, 0.2) is 0 Å². The Morgan fingerprint density at radius 1 is 1.00 bits per heavy atom. The summed E-state index contributed by atoms with van der Waals surface area (Å²) >= 11 is 0. The van der Waals surface area contributed by atoms with Gasteiger partial charge in [0, 0.05) is 0 Å². The number of ether oxygens (including phenoxy) is 1. The van der Waals surface area contributed by atoms with Gasteiger partial charge in [0.05, 0.1) is 31.3 Å². The molecule has 152 valence electrons. The molecule has 2 aromatic carbocycles. The van der Waals surface area contributed by atoms with E-state index in [1.807, 2.05) is 55.5 Å². The van der Waals surface area contributed by atoms with Gasteiger partial charge in [-0.1, -0.05) is 29.8 Å². The third-order valence-electron chi connectivity index (χ3n) is 4.54. The first-order chi connectivity index (χ1) is 13.4. The number of rotatable bonds is 9. The first-order valence-corrected chi connectivity index (χ1v) is 12.0. The number of aryl methyl sites for hydroxylation is 1. The largest absolute Gasteiger partial charge is 0.497 e. The number of hydrogen-bond acceptors (Lipinski definition) is 5. The van der Waals surface area contributed by atoms with Gasteiger partial charge in [-0.05, 0) is 50.6 Å². The van der Waals surface area contributed by atoms with E-state index in [1.165, 1.54) is 0 Å². The first kappa shape index (κ1) is 21.2. The second-order valence-electron chi connectivity index (χ2n) is 6.43. The van der Waals surface area contributed by atoms with E-state index < -0.39 is 24.4 Å². The Labute approximate surface area is 168 Å². The first-order valence-electron chi connectivity index (χ1n) is 9.24. The van der Waals surface area contributed by atoms with Crippen LogP contribution in [-0.4, -0.2) is 34.6 Å². The molecular formula is C20H26NO5PS. The molecule has 0 spiro atoms. The highest BCUT2D eigenvalue weighted by molar-refractivity contribution is 7.83. The molecule has 1 fully saturated rings. The van der Waals surface area contributed by atoms with Crippen LogP contribution in [-0.2, 0) is 24.6 Å². The van der Waals surface area contributed by atoms with Gasteiger partial charge < -0.3 is 13.8 Å². The fraction of sp³-hybridized carbons (Fsp3) is 0.400. The van der Waals surface area contributed by atoms with Crippen molar-refractivity contribution in [1.82, 2.24) is 4.31 Å². The molecular weight excluding hydrogens is 397 g/mol. The normalized spacial score (nSPS) is 22.6. The zero-order chi connectivity index (χ0) is 20.3. The van der Waals surface area contributed by atoms with Crippen molar-refractivity contribution in [3.8, 4) is 5.75 Å². The minimum atomic E-state index is -3.46. The third kappa shape index (κ3) is 4.24. The Morgan fingerprint density at radius 2 is 1.57 bits per heavy atom. The molecule has 0 bridgehead atoms. The maximum atomic E-state index is 13.4. The Balaban J connectivity index is 1.96. The Hall–Kier alpha value is -1.50. The smallest absolute Gasteiger partial charge is 0.350 e. The highest BCUT2D eigenvalue weighted by Gasteiger charge is 2.64. The number of methoxy groups -OCH3 is 1. The second kappa shape index (κ2) is 8.89. The molecule has 0 aromatic heterocycles. The molecule has 1 aliphatic rings. The highest BCUT2D eigenvalue weighted by Crippen LogP contribution is 2.69. The van der Waals surface area contributed by atoms with Crippen LogP contribution in [0.3, 0.4) is 0 Å². The average molecular weight is 423 g/mol. The number of hydrogen-bond donors (Lipinski definition) is 0. The van der Waals surface area contributed by atoms with Gasteiger partial charge in [0.1, 0.15) is 22.5 Å². The van der Waals surface area contributed by atoms with Crippen LogP contribution in [0.25, 0.3) is 0 Å². The van der Waals surface area contributed by atoms with Crippen LogP contribution >= 0.6 is 7.60 Å². The van der Waals surface area contributed by atoms with Crippen LogP contribution in [0.1, 0.15) is 31.0 Å². The van der Waals surface area contributed by atoms with Gasteiger partial charge in [-0.15, -0.1) is 0 Å². The summed E-state index contributed by atoms with van der Waals surface area (Å²) in [4.78, 5) is 0.658. The quantitative estimate of drug-likeness (QED) is 0.433. The molecule has 3 rings (SSSR count). The van der Waals surface area contributed by atoms with Crippen LogP contribution in [0.2, 0.25) is 0 Å². The summed E-state index contributed by atoms with van der Waals surface area (Å²) in [5.41, 5.74) is 1.98. The van der Waals surface area contributed by atoms with Crippen LogP contribution in [0.15, 0.2) is 53.4 Å². The standard InChI is InChI=1S/C20H26NO5PS/c1-5-25-27(22,26-6-2)20-19(16-9-11-17(24-4)12-10-16)21(20)28(23)18-13-7-15(3)8-14-18/h7-14,19-20H,5-6H2,1-4H3/t19-,20+,21?,28?/m1/s1. The molecule has 0 saturated carbocycles. The molecule has 28 heavy (non-hydrogen) atoms. The second-order valence-corrected chi connectivity index (χ2v) is 9.95. The molecule has 0 amide bonds. The third-order valence-corrected chi connectivity index (χ3v) is 8.63. The predicted octanol–water partition coefficient (Wildman–Crippen LogP) is 4.68. The molecule has 8 heteroatoms. The van der Waals surface area contributed by atoms with E-state index >= 15 is 0 Å². The van der Waals surface area contributed by atoms with E-state index in [1.54, 1.807) is 25.3 Å². The maximum Gasteiger partial charge on any atom is 0.350 e. The van der Waals surface area contributed by atoms with E-state index in [0.717, 1.165) is 16.9 Å². The summed E-state index contributed by atoms with van der Waals surface area (Å²) in [6.07, 6.45) is 0. The fourth-order valence-electron chi connectivity index (χ4n) is 3.16. The van der Waals surface area contributed by atoms with E-state index in [9.17, 15) is 8.77 Å². The lowest BCUT2D eigenvalue weighted by atomic mass is 10.1. The summed E-state index contributed by atoms with van der Waals surface area (Å²) < 4.78 is 44.7. The van der Waals surface area contributed by atoms with Crippen molar-refractivity contribution in [2.75, 3.05) is 20.3 Å². The van der Waals surface area contributed by atoms with Gasteiger partial charge in [0.25, 0.3) is 0 Å². The summed E-state index contributed by atoms with van der Waals surface area (Å²) in [6.45, 7) is 6.04. The molecule has 0 N–H and O–H groups in total. The van der Waals surface area contributed by atoms with Gasteiger partial charge in [-0.2, -0.15) is 4.31 Å². The monoisotopic (exact) mass is 423 g/mol. The van der Waals surface area contributed by atoms with Crippen molar-refractivity contribution >= 4 is 18.6 Å². The van der Waals surface area contributed by atoms with Crippen molar-refractivity contribution in [2.45, 2.75) is 37.5 Å². The van der Waals surface area contributed by atoms with E-state index in [2.05, 4.69) is 0 Å². The van der Waals surface area contributed by atoms with Gasteiger partial charge >= 0.3 is 7.60 Å². The molecule has 2 aromatic rings. The summed E-state index contributed by atoms with van der Waals surface area (Å²) in [7, 11) is -3.34. The minimum Gasteiger partial charge on any atom is -0.497 e. The van der Waals surface area contributed by atoms with Gasteiger partial charge in [0.2, 0.25) is 0 Å². The fourth-order valence-corrected chi connectivity index (χ4v) is 7.27. The Morgan fingerprint density at radius 3 is 2.07 bits per heavy atom. The van der Waals surface area contributed by atoms with E-state index in [4.69, 9.17) is 13.8 Å². The van der Waals surface area contributed by atoms with Gasteiger partial charge in [-0.3, -0.25) is 4.57 Å². The van der Waals surface area contributed by atoms with Crippen LogP contribution in [0.5, 0.6) is 5.75 Å². The van der Waals surface area contributed by atoms with Crippen LogP contribution in [0, 0.1) is 6.92 Å². The molecule has 4 atom stereocenters. The lowest BCUT2D eigenvalue weighted by Gasteiger charge is -2.16. The van der Waals surface area contributed by atoms with Crippen molar-refractivity contribution in [3.05, 3.63) is 59.7 Å². The Kier molecular flexibility index (Phi) is 6.73. The average Bonchev–Trinajstić information content (AvgIpc) is 3.45. The van der Waals surface area contributed by atoms with E-state index in [-0.39, 0.29) is 19.3 Å². The SMILES string of the molecule is CCOP(=O)(OCC)[C@H]1[C@@H](c2ccc(OC)cc2)N1S(=O)c1ccc(C)cc1. The molecule has 1 aliphatic heterocycles. The molecule has 0 aliphatic carbocycles. The van der Waals surface area contributed by atoms with Crippen molar-refractivity contribution < 1.29 is 22.6 Å². The molecule has 1 saturated heterocycles. The maximum absolute atomic E-state index is 13.4. The van der Waals surface area contributed by atoms with Gasteiger partial charge in [-0.25, -0.2) is 4.21 Å². The topological polar surface area (TPSA) is 64.8 Å². The Bertz CT molecular complexity index is 861. The zero-order valence-corrected chi connectivity index (χ0v) is 18.2. The lowest BCUT2D eigenvalue weighted by Crippen LogP contribution is -2.10. The van der Waals surface area contributed by atoms with Crippen LogP contribution < -0.4 is 4.74 Å². The molecule has 2 unspecified atom stereocenters. The highest BCUT2D eigenvalue weighted by atomic mass is 32.2.